The molecule has 2 aromatic rings. The van der Waals surface area contributed by atoms with Crippen LogP contribution in [-0.4, -0.2) is 9.97 Å². The monoisotopic (exact) mass is 258 g/mol. The lowest BCUT2D eigenvalue weighted by molar-refractivity contribution is -0.141. The number of hydrogen-bond acceptors (Lipinski definition) is 3. The lowest BCUT2D eigenvalue weighted by Gasteiger charge is -2.10. The van der Waals surface area contributed by atoms with E-state index in [0.717, 1.165) is 11.2 Å². The maximum Gasteiger partial charge on any atom is 0.433 e. The quantitative estimate of drug-likeness (QED) is 0.843. The normalized spacial score (nSPS) is 11.7. The van der Waals surface area contributed by atoms with Gasteiger partial charge in [-0.15, -0.1) is 11.3 Å². The fraction of sp³-hybridized carbons (Fsp3) is 0.273. The standard InChI is InChI=1S/C11H9F3N2S/c12-11(13,14)10-8(2-1-5-16-10)3-4-9-15-6-7-17-9/h1-2,5-7H,3-4H2. The maximum atomic E-state index is 12.6. The summed E-state index contributed by atoms with van der Waals surface area (Å²) >= 11 is 1.44. The summed E-state index contributed by atoms with van der Waals surface area (Å²) in [6.07, 6.45) is -0.772. The minimum Gasteiger partial charge on any atom is -0.252 e. The molecule has 6 heteroatoms. The highest BCUT2D eigenvalue weighted by molar-refractivity contribution is 7.09. The van der Waals surface area contributed by atoms with E-state index < -0.39 is 11.9 Å². The second-order valence-electron chi connectivity index (χ2n) is 3.43. The third-order valence-corrected chi connectivity index (χ3v) is 3.09. The number of rotatable bonds is 3. The van der Waals surface area contributed by atoms with Gasteiger partial charge in [-0.3, -0.25) is 4.98 Å². The highest BCUT2D eigenvalue weighted by Gasteiger charge is 2.34. The van der Waals surface area contributed by atoms with Gasteiger partial charge in [0.05, 0.1) is 5.01 Å². The Kier molecular flexibility index (Phi) is 3.42. The van der Waals surface area contributed by atoms with Crippen LogP contribution in [0.4, 0.5) is 13.2 Å². The molecule has 0 spiro atoms. The first-order valence-corrected chi connectivity index (χ1v) is 5.85. The highest BCUT2D eigenvalue weighted by atomic mass is 32.1. The summed E-state index contributed by atoms with van der Waals surface area (Å²) in [5, 5.41) is 2.64. The SMILES string of the molecule is FC(F)(F)c1ncccc1CCc1nccs1. The molecule has 0 N–H and O–H groups in total. The van der Waals surface area contributed by atoms with E-state index in [1.54, 1.807) is 6.20 Å². The summed E-state index contributed by atoms with van der Waals surface area (Å²) < 4.78 is 37.9. The molecule has 2 heterocycles. The molecule has 0 aliphatic carbocycles. The van der Waals surface area contributed by atoms with Gasteiger partial charge in [0, 0.05) is 24.2 Å². The summed E-state index contributed by atoms with van der Waals surface area (Å²) in [4.78, 5) is 7.45. The van der Waals surface area contributed by atoms with Gasteiger partial charge in [0.2, 0.25) is 0 Å². The Balaban J connectivity index is 2.16. The van der Waals surface area contributed by atoms with E-state index in [4.69, 9.17) is 0 Å². The number of nitrogens with zero attached hydrogens (tertiary/aromatic N) is 2. The average molecular weight is 258 g/mol. The molecule has 0 radical (unpaired) electrons. The molecule has 0 aromatic carbocycles. The predicted octanol–water partition coefficient (Wildman–Crippen LogP) is 3.34. The molecule has 2 aromatic heterocycles. The Morgan fingerprint density at radius 1 is 1.12 bits per heavy atom. The van der Waals surface area contributed by atoms with Crippen LogP contribution in [0, 0.1) is 0 Å². The van der Waals surface area contributed by atoms with Gasteiger partial charge < -0.3 is 0 Å². The minimum atomic E-state index is -4.39. The number of pyridine rings is 1. The summed E-state index contributed by atoms with van der Waals surface area (Å²) in [6, 6.07) is 2.98. The lowest BCUT2D eigenvalue weighted by atomic mass is 10.1. The van der Waals surface area contributed by atoms with Gasteiger partial charge in [0.15, 0.2) is 0 Å². The number of alkyl halides is 3. The van der Waals surface area contributed by atoms with Crippen molar-refractivity contribution in [1.29, 1.82) is 0 Å². The second kappa shape index (κ2) is 4.83. The first kappa shape index (κ1) is 12.0. The van der Waals surface area contributed by atoms with Crippen molar-refractivity contribution in [3.63, 3.8) is 0 Å². The largest absolute Gasteiger partial charge is 0.433 e. The van der Waals surface area contributed by atoms with Gasteiger partial charge in [-0.2, -0.15) is 13.2 Å². The Labute approximate surface area is 100 Å². The topological polar surface area (TPSA) is 25.8 Å². The number of aromatic nitrogens is 2. The van der Waals surface area contributed by atoms with Crippen LogP contribution in [0.5, 0.6) is 0 Å². The van der Waals surface area contributed by atoms with Crippen LogP contribution in [0.2, 0.25) is 0 Å². The molecule has 0 saturated heterocycles. The highest BCUT2D eigenvalue weighted by Crippen LogP contribution is 2.30. The third-order valence-electron chi connectivity index (χ3n) is 2.25. The van der Waals surface area contributed by atoms with E-state index in [9.17, 15) is 13.2 Å². The molecule has 17 heavy (non-hydrogen) atoms. The van der Waals surface area contributed by atoms with Crippen molar-refractivity contribution in [3.05, 3.63) is 46.2 Å². The van der Waals surface area contributed by atoms with Gasteiger partial charge in [0.1, 0.15) is 5.69 Å². The molecular formula is C11H9F3N2S. The van der Waals surface area contributed by atoms with Gasteiger partial charge >= 0.3 is 6.18 Å². The van der Waals surface area contributed by atoms with Crippen LogP contribution in [0.1, 0.15) is 16.3 Å². The van der Waals surface area contributed by atoms with E-state index in [2.05, 4.69) is 9.97 Å². The van der Waals surface area contributed by atoms with Crippen molar-refractivity contribution in [2.75, 3.05) is 0 Å². The number of hydrogen-bond donors (Lipinski definition) is 0. The second-order valence-corrected chi connectivity index (χ2v) is 4.41. The van der Waals surface area contributed by atoms with E-state index in [1.165, 1.54) is 23.5 Å². The zero-order valence-electron chi connectivity index (χ0n) is 8.74. The zero-order valence-corrected chi connectivity index (χ0v) is 9.55. The molecule has 0 saturated carbocycles. The Morgan fingerprint density at radius 3 is 2.59 bits per heavy atom. The first-order chi connectivity index (χ1) is 8.07. The predicted molar refractivity (Wildman–Crippen MR) is 58.8 cm³/mol. The molecule has 0 aliphatic rings. The molecule has 90 valence electrons. The van der Waals surface area contributed by atoms with Crippen molar-refractivity contribution in [3.8, 4) is 0 Å². The molecule has 0 unspecified atom stereocenters. The van der Waals surface area contributed by atoms with Crippen LogP contribution in [0.3, 0.4) is 0 Å². The maximum absolute atomic E-state index is 12.6. The zero-order chi connectivity index (χ0) is 12.3. The first-order valence-electron chi connectivity index (χ1n) is 4.97. The molecule has 2 nitrogen and oxygen atoms in total. The number of halogens is 3. The molecule has 0 amide bonds. The molecule has 2 rings (SSSR count). The lowest BCUT2D eigenvalue weighted by Crippen LogP contribution is -2.12. The summed E-state index contributed by atoms with van der Waals surface area (Å²) in [5.41, 5.74) is -0.577. The Bertz CT molecular complexity index is 480. The van der Waals surface area contributed by atoms with Crippen molar-refractivity contribution in [2.45, 2.75) is 19.0 Å². The van der Waals surface area contributed by atoms with Crippen molar-refractivity contribution in [2.24, 2.45) is 0 Å². The number of thiazole rings is 1. The molecular weight excluding hydrogens is 249 g/mol. The Hall–Kier alpha value is -1.43. The minimum absolute atomic E-state index is 0.218. The summed E-state index contributed by atoms with van der Waals surface area (Å²) in [6.45, 7) is 0. The molecule has 0 bridgehead atoms. The van der Waals surface area contributed by atoms with Crippen LogP contribution in [0.25, 0.3) is 0 Å². The smallest absolute Gasteiger partial charge is 0.252 e. The van der Waals surface area contributed by atoms with Gasteiger partial charge in [0.25, 0.3) is 0 Å². The summed E-state index contributed by atoms with van der Waals surface area (Å²) in [7, 11) is 0. The fourth-order valence-electron chi connectivity index (χ4n) is 1.51. The molecule has 0 aliphatic heterocycles. The van der Waals surface area contributed by atoms with E-state index >= 15 is 0 Å². The van der Waals surface area contributed by atoms with Crippen LogP contribution in [-0.2, 0) is 19.0 Å². The van der Waals surface area contributed by atoms with Crippen molar-refractivity contribution in [1.82, 2.24) is 9.97 Å². The van der Waals surface area contributed by atoms with E-state index in [0.29, 0.717) is 12.8 Å². The van der Waals surface area contributed by atoms with Gasteiger partial charge in [-0.1, -0.05) is 6.07 Å². The average Bonchev–Trinajstić information content (AvgIpc) is 2.78. The van der Waals surface area contributed by atoms with Crippen LogP contribution in [0.15, 0.2) is 29.9 Å². The Morgan fingerprint density at radius 2 is 1.94 bits per heavy atom. The van der Waals surface area contributed by atoms with Crippen molar-refractivity contribution >= 4 is 11.3 Å². The summed E-state index contributed by atoms with van der Waals surface area (Å²) in [5.74, 6) is 0. The van der Waals surface area contributed by atoms with Gasteiger partial charge in [-0.25, -0.2) is 4.98 Å². The van der Waals surface area contributed by atoms with Crippen LogP contribution < -0.4 is 0 Å². The fourth-order valence-corrected chi connectivity index (χ4v) is 2.13. The van der Waals surface area contributed by atoms with E-state index in [1.807, 2.05) is 5.38 Å². The van der Waals surface area contributed by atoms with Crippen LogP contribution >= 0.6 is 11.3 Å². The number of aryl methyl sites for hydroxylation is 2. The molecule has 0 fully saturated rings. The third kappa shape index (κ3) is 3.03. The van der Waals surface area contributed by atoms with Crippen molar-refractivity contribution < 1.29 is 13.2 Å². The van der Waals surface area contributed by atoms with Gasteiger partial charge in [-0.05, 0) is 18.1 Å². The van der Waals surface area contributed by atoms with E-state index in [-0.39, 0.29) is 5.56 Å². The molecule has 0 atom stereocenters.